The van der Waals surface area contributed by atoms with Crippen LogP contribution in [0.5, 0.6) is 0 Å². The first-order valence-corrected chi connectivity index (χ1v) is 14.8. The number of thiophene rings is 1. The van der Waals surface area contributed by atoms with Gasteiger partial charge in [-0.05, 0) is 71.2 Å². The number of fused-ring (bicyclic) bond motifs is 1. The number of halogens is 1. The topological polar surface area (TPSA) is 154 Å². The number of amides is 1. The number of hydrogen-bond acceptors (Lipinski definition) is 9. The average Bonchev–Trinajstić information content (AvgIpc) is 3.28. The number of anilines is 1. The van der Waals surface area contributed by atoms with Gasteiger partial charge in [-0.25, -0.2) is 13.8 Å². The molecule has 3 N–H and O–H groups in total. The maximum atomic E-state index is 14.5. The highest BCUT2D eigenvalue weighted by atomic mass is 32.1. The number of nitriles is 1. The summed E-state index contributed by atoms with van der Waals surface area (Å²) in [6.07, 6.45) is 1.91. The molecule has 1 aromatic carbocycles. The minimum Gasteiger partial charge on any atom is -0.370 e. The molecule has 0 saturated heterocycles. The van der Waals surface area contributed by atoms with Gasteiger partial charge in [0.25, 0.3) is 5.56 Å². The summed E-state index contributed by atoms with van der Waals surface area (Å²) in [6.45, 7) is 11.8. The molecule has 2 unspecified atom stereocenters. The lowest BCUT2D eigenvalue weighted by Gasteiger charge is -2.29. The van der Waals surface area contributed by atoms with Crippen molar-refractivity contribution in [3.8, 4) is 6.07 Å². The Morgan fingerprint density at radius 1 is 1.30 bits per heavy atom. The van der Waals surface area contributed by atoms with Gasteiger partial charge in [0, 0.05) is 17.8 Å². The lowest BCUT2D eigenvalue weighted by Crippen LogP contribution is -2.56. The summed E-state index contributed by atoms with van der Waals surface area (Å²) >= 11 is 1.11. The summed E-state index contributed by atoms with van der Waals surface area (Å²) < 4.78 is 23.0. The normalized spacial score (nSPS) is 13.3. The molecule has 0 radical (unpaired) electrons. The third-order valence-electron chi connectivity index (χ3n) is 7.01. The second-order valence-corrected chi connectivity index (χ2v) is 12.1. The van der Waals surface area contributed by atoms with Crippen LogP contribution in [0.25, 0.3) is 10.2 Å². The highest BCUT2D eigenvalue weighted by molar-refractivity contribution is 7.22. The van der Waals surface area contributed by atoms with Gasteiger partial charge in [-0.1, -0.05) is 24.3 Å². The lowest BCUT2D eigenvalue weighted by molar-refractivity contribution is -0.129. The Kier molecular flexibility index (Phi) is 10.8. The molecular formula is C30H38FN7O4S. The number of hydrogen-bond donors (Lipinski definition) is 3. The Balaban J connectivity index is 2.38. The number of hydrazone groups is 1. The van der Waals surface area contributed by atoms with Crippen molar-refractivity contribution in [2.75, 3.05) is 12.0 Å². The smallest absolute Gasteiger partial charge is 0.333 e. The number of nitrogens with one attached hydrogen (secondary N) is 3. The van der Waals surface area contributed by atoms with E-state index in [-0.39, 0.29) is 24.6 Å². The zero-order chi connectivity index (χ0) is 32.1. The lowest BCUT2D eigenvalue weighted by atomic mass is 9.99. The molecule has 0 aliphatic rings. The molecule has 2 aromatic heterocycles. The van der Waals surface area contributed by atoms with Crippen molar-refractivity contribution < 1.29 is 13.9 Å². The molecule has 0 saturated carbocycles. The summed E-state index contributed by atoms with van der Waals surface area (Å²) in [5, 5.41) is 24.0. The van der Waals surface area contributed by atoms with Crippen molar-refractivity contribution in [2.24, 2.45) is 11.0 Å². The van der Waals surface area contributed by atoms with E-state index in [9.17, 15) is 24.0 Å². The summed E-state index contributed by atoms with van der Waals surface area (Å²) in [7, 11) is 0. The standard InChI is InChI=1S/C30H38FN7O4S/c1-8-20-9-10-21(31)13-22(20)23(42-16-18(4)14-33)15-37-27-24(19(5)25(43-27)36-34-12-11-32)26(39)38(29(37)41)30(6,7)28(40)35-17(2)3/h9-13,17-18,23,32,36H,8,15-16H2,1-7H3,(H,35,40)/b32-11?,34-12-. The molecule has 3 rings (SSSR count). The summed E-state index contributed by atoms with van der Waals surface area (Å²) in [6, 6.07) is 6.26. The monoisotopic (exact) mass is 611 g/mol. The van der Waals surface area contributed by atoms with E-state index in [4.69, 9.17) is 10.1 Å². The number of aromatic nitrogens is 2. The molecule has 11 nitrogen and oxygen atoms in total. The largest absolute Gasteiger partial charge is 0.370 e. The number of carbonyl (C=O) groups excluding carboxylic acids is 1. The summed E-state index contributed by atoms with van der Waals surface area (Å²) in [5.74, 6) is -1.47. The molecular weight excluding hydrogens is 573 g/mol. The first-order chi connectivity index (χ1) is 20.3. The number of benzene rings is 1. The van der Waals surface area contributed by atoms with E-state index >= 15 is 0 Å². The fourth-order valence-corrected chi connectivity index (χ4v) is 5.82. The van der Waals surface area contributed by atoms with E-state index in [0.29, 0.717) is 27.4 Å². The predicted molar refractivity (Wildman–Crippen MR) is 168 cm³/mol. The van der Waals surface area contributed by atoms with E-state index in [1.165, 1.54) is 36.8 Å². The van der Waals surface area contributed by atoms with Crippen LogP contribution in [0.15, 0.2) is 32.9 Å². The van der Waals surface area contributed by atoms with Crippen LogP contribution in [0.4, 0.5) is 9.39 Å². The fourth-order valence-electron chi connectivity index (χ4n) is 4.67. The van der Waals surface area contributed by atoms with Crippen LogP contribution in [0.2, 0.25) is 0 Å². The van der Waals surface area contributed by atoms with Crippen molar-refractivity contribution in [3.63, 3.8) is 0 Å². The van der Waals surface area contributed by atoms with E-state index in [0.717, 1.165) is 27.7 Å². The molecule has 2 heterocycles. The average molecular weight is 612 g/mol. The van der Waals surface area contributed by atoms with Gasteiger partial charge in [-0.2, -0.15) is 10.4 Å². The Hall–Kier alpha value is -4.15. The molecule has 1 amide bonds. The van der Waals surface area contributed by atoms with Crippen LogP contribution in [0.3, 0.4) is 0 Å². The quantitative estimate of drug-likeness (QED) is 0.192. The molecule has 0 aliphatic carbocycles. The van der Waals surface area contributed by atoms with Crippen molar-refractivity contribution in [1.29, 1.82) is 10.7 Å². The van der Waals surface area contributed by atoms with Crippen molar-refractivity contribution >= 4 is 44.9 Å². The summed E-state index contributed by atoms with van der Waals surface area (Å²) in [4.78, 5) is 41.9. The van der Waals surface area contributed by atoms with Crippen LogP contribution in [-0.4, -0.2) is 40.1 Å². The van der Waals surface area contributed by atoms with Crippen LogP contribution in [0.1, 0.15) is 64.3 Å². The van der Waals surface area contributed by atoms with Crippen molar-refractivity contribution in [3.05, 3.63) is 61.5 Å². The van der Waals surface area contributed by atoms with E-state index in [1.54, 1.807) is 33.8 Å². The Morgan fingerprint density at radius 2 is 2.00 bits per heavy atom. The Bertz CT molecular complexity index is 1700. The highest BCUT2D eigenvalue weighted by Crippen LogP contribution is 2.35. The second-order valence-electron chi connectivity index (χ2n) is 11.1. The fraction of sp³-hybridized carbons (Fsp3) is 0.467. The second kappa shape index (κ2) is 13.9. The maximum Gasteiger partial charge on any atom is 0.333 e. The number of rotatable bonds is 13. The molecule has 3 aromatic rings. The Labute approximate surface area is 253 Å². The van der Waals surface area contributed by atoms with Gasteiger partial charge in [-0.15, -0.1) is 0 Å². The Morgan fingerprint density at radius 3 is 2.60 bits per heavy atom. The molecule has 230 valence electrons. The third kappa shape index (κ3) is 7.09. The van der Waals surface area contributed by atoms with Gasteiger partial charge in [0.2, 0.25) is 5.91 Å². The first kappa shape index (κ1) is 33.4. The number of ether oxygens (including phenoxy) is 1. The molecule has 13 heteroatoms. The molecule has 0 bridgehead atoms. The molecule has 43 heavy (non-hydrogen) atoms. The van der Waals surface area contributed by atoms with Crippen LogP contribution in [0, 0.1) is 35.4 Å². The SMILES string of the molecule is CCc1ccc(F)cc1C(Cn1c(=O)n(C(C)(C)C(=O)NC(C)C)c(=O)c2c(C)c(N/N=C\C=N)sc21)OCC(C)C#N. The minimum atomic E-state index is -1.58. The van der Waals surface area contributed by atoms with E-state index in [2.05, 4.69) is 21.9 Å². The van der Waals surface area contributed by atoms with E-state index in [1.807, 2.05) is 6.92 Å². The van der Waals surface area contributed by atoms with Crippen LogP contribution < -0.4 is 22.0 Å². The van der Waals surface area contributed by atoms with Gasteiger partial charge >= 0.3 is 5.69 Å². The zero-order valence-corrected chi connectivity index (χ0v) is 26.3. The zero-order valence-electron chi connectivity index (χ0n) is 25.4. The van der Waals surface area contributed by atoms with Gasteiger partial charge in [0.05, 0.1) is 36.7 Å². The van der Waals surface area contributed by atoms with Crippen molar-refractivity contribution in [1.82, 2.24) is 14.5 Å². The summed E-state index contributed by atoms with van der Waals surface area (Å²) in [5.41, 5.74) is 1.68. The minimum absolute atomic E-state index is 0.0231. The van der Waals surface area contributed by atoms with Gasteiger partial charge in [-0.3, -0.25) is 19.6 Å². The van der Waals surface area contributed by atoms with E-state index < -0.39 is 40.5 Å². The number of carbonyl (C=O) groups is 1. The molecule has 2 atom stereocenters. The molecule has 0 aliphatic heterocycles. The number of aryl methyl sites for hydroxylation is 2. The van der Waals surface area contributed by atoms with Gasteiger partial charge in [0.1, 0.15) is 27.3 Å². The third-order valence-corrected chi connectivity index (χ3v) is 8.23. The van der Waals surface area contributed by atoms with Crippen LogP contribution >= 0.6 is 11.3 Å². The van der Waals surface area contributed by atoms with Gasteiger partial charge < -0.3 is 15.5 Å². The van der Waals surface area contributed by atoms with Crippen LogP contribution in [-0.2, 0) is 28.0 Å². The maximum absolute atomic E-state index is 14.5. The predicted octanol–water partition coefficient (Wildman–Crippen LogP) is 4.46. The highest BCUT2D eigenvalue weighted by Gasteiger charge is 2.36. The molecule has 0 spiro atoms. The van der Waals surface area contributed by atoms with Gasteiger partial charge in [0.15, 0.2) is 0 Å². The molecule has 0 fully saturated rings. The first-order valence-electron chi connectivity index (χ1n) is 14.0. The number of nitrogens with zero attached hydrogens (tertiary/aromatic N) is 4. The van der Waals surface area contributed by atoms with Crippen molar-refractivity contribution in [2.45, 2.75) is 79.1 Å².